The minimum atomic E-state index is -3.73. The van der Waals surface area contributed by atoms with Crippen molar-refractivity contribution in [3.8, 4) is 22.5 Å². The van der Waals surface area contributed by atoms with Gasteiger partial charge in [0.2, 0.25) is 10.0 Å². The number of sulfonamides is 1. The molecule has 0 bridgehead atoms. The number of carbonyl (C=O) groups excluding carboxylic acids is 2. The molecule has 11 heteroatoms. The Morgan fingerprint density at radius 3 is 2.33 bits per heavy atom. The summed E-state index contributed by atoms with van der Waals surface area (Å²) in [6.45, 7) is -0.673. The van der Waals surface area contributed by atoms with Gasteiger partial charge in [0, 0.05) is 29.6 Å². The normalized spacial score (nSPS) is 14.0. The van der Waals surface area contributed by atoms with Gasteiger partial charge in [0.05, 0.1) is 24.0 Å². The number of furan rings is 1. The van der Waals surface area contributed by atoms with E-state index in [1.165, 1.54) is 24.3 Å². The predicted octanol–water partition coefficient (Wildman–Crippen LogP) is 5.18. The summed E-state index contributed by atoms with van der Waals surface area (Å²) >= 11 is 0. The number of nitrogens with two attached hydrogens (primary N) is 1. The zero-order valence-electron chi connectivity index (χ0n) is 25.0. The number of aliphatic hydroxyl groups is 1. The molecule has 1 aromatic heterocycles. The third-order valence-corrected chi connectivity index (χ3v) is 9.55. The van der Waals surface area contributed by atoms with Gasteiger partial charge in [-0.25, -0.2) is 12.8 Å². The highest BCUT2D eigenvalue weighted by atomic mass is 32.2. The molecule has 5 aromatic rings. The first kappa shape index (κ1) is 31.2. The molecule has 0 unspecified atom stereocenters. The zero-order valence-corrected chi connectivity index (χ0v) is 25.8. The van der Waals surface area contributed by atoms with E-state index < -0.39 is 33.9 Å². The summed E-state index contributed by atoms with van der Waals surface area (Å²) in [5.74, 6) is -1.35. The Bertz CT molecular complexity index is 2060. The average molecular weight is 642 g/mol. The fraction of sp³-hybridized carbons (Fsp3) is 0.200. The summed E-state index contributed by atoms with van der Waals surface area (Å²) in [5.41, 5.74) is 9.23. The summed E-state index contributed by atoms with van der Waals surface area (Å²) in [7, 11) is -3.73. The molecule has 1 aliphatic carbocycles. The second kappa shape index (κ2) is 12.2. The number of carbonyl (C=O) groups is 2. The van der Waals surface area contributed by atoms with Crippen molar-refractivity contribution in [1.29, 1.82) is 0 Å². The number of fused-ring (bicyclic) bond motifs is 1. The van der Waals surface area contributed by atoms with Crippen LogP contribution in [0.15, 0.2) is 95.4 Å². The maximum absolute atomic E-state index is 13.7. The van der Waals surface area contributed by atoms with Crippen LogP contribution in [0.1, 0.15) is 44.7 Å². The van der Waals surface area contributed by atoms with E-state index in [-0.39, 0.29) is 35.9 Å². The number of benzene rings is 4. The van der Waals surface area contributed by atoms with E-state index in [1.807, 2.05) is 30.3 Å². The van der Waals surface area contributed by atoms with Crippen molar-refractivity contribution in [2.24, 2.45) is 5.73 Å². The Morgan fingerprint density at radius 2 is 1.70 bits per heavy atom. The van der Waals surface area contributed by atoms with Crippen LogP contribution in [0.4, 0.5) is 4.39 Å². The van der Waals surface area contributed by atoms with E-state index in [1.54, 1.807) is 36.4 Å². The summed E-state index contributed by atoms with van der Waals surface area (Å²) < 4.78 is 46.2. The van der Waals surface area contributed by atoms with Crippen molar-refractivity contribution in [2.75, 3.05) is 19.4 Å². The van der Waals surface area contributed by atoms with Gasteiger partial charge in [-0.15, -0.1) is 0 Å². The number of amides is 2. The first-order chi connectivity index (χ1) is 22.0. The number of nitrogens with zero attached hydrogens (tertiary/aromatic N) is 1. The third-order valence-electron chi connectivity index (χ3n) is 8.30. The molecule has 0 aliphatic heterocycles. The van der Waals surface area contributed by atoms with Gasteiger partial charge in [0.1, 0.15) is 17.2 Å². The standard InChI is InChI=1S/C35H32FN3O6S/c1-46(43,44)39(16-17-40)21-25-19-30-29(31(33(37)41)32(45-30)22-10-12-27(36)13-11-22)20-28(25)23-6-5-7-24(18-23)34(42)38-35(14-15-35)26-8-3-2-4-9-26/h2-13,18-20,40H,14-17,21H2,1H3,(H2,37,41)(H,38,42). The number of halogens is 1. The lowest BCUT2D eigenvalue weighted by Crippen LogP contribution is -2.34. The lowest BCUT2D eigenvalue weighted by atomic mass is 9.94. The first-order valence-corrected chi connectivity index (χ1v) is 16.5. The molecule has 1 aliphatic rings. The quantitative estimate of drug-likeness (QED) is 0.182. The van der Waals surface area contributed by atoms with Crippen LogP contribution in [0.3, 0.4) is 0 Å². The van der Waals surface area contributed by atoms with Crippen LogP contribution in [-0.4, -0.2) is 49.1 Å². The molecule has 9 nitrogen and oxygen atoms in total. The average Bonchev–Trinajstić information content (AvgIpc) is 3.72. The number of primary amides is 1. The van der Waals surface area contributed by atoms with Crippen LogP contribution in [-0.2, 0) is 22.1 Å². The maximum Gasteiger partial charge on any atom is 0.253 e. The molecule has 0 saturated heterocycles. The van der Waals surface area contributed by atoms with Gasteiger partial charge in [-0.05, 0) is 83.6 Å². The second-order valence-electron chi connectivity index (χ2n) is 11.5. The number of rotatable bonds is 11. The summed E-state index contributed by atoms with van der Waals surface area (Å²) in [6, 6.07) is 25.4. The van der Waals surface area contributed by atoms with Gasteiger partial charge in [0.15, 0.2) is 0 Å². The van der Waals surface area contributed by atoms with Gasteiger partial charge >= 0.3 is 0 Å². The molecule has 0 radical (unpaired) electrons. The minimum absolute atomic E-state index is 0.0807. The molecule has 0 spiro atoms. The van der Waals surface area contributed by atoms with Crippen LogP contribution in [0.25, 0.3) is 33.4 Å². The van der Waals surface area contributed by atoms with E-state index in [4.69, 9.17) is 10.2 Å². The molecule has 46 heavy (non-hydrogen) atoms. The van der Waals surface area contributed by atoms with E-state index >= 15 is 0 Å². The zero-order chi connectivity index (χ0) is 32.6. The van der Waals surface area contributed by atoms with Crippen molar-refractivity contribution in [2.45, 2.75) is 24.9 Å². The van der Waals surface area contributed by atoms with Gasteiger partial charge in [0.25, 0.3) is 11.8 Å². The van der Waals surface area contributed by atoms with Gasteiger partial charge in [-0.1, -0.05) is 42.5 Å². The van der Waals surface area contributed by atoms with Crippen molar-refractivity contribution in [1.82, 2.24) is 9.62 Å². The van der Waals surface area contributed by atoms with Crippen LogP contribution < -0.4 is 11.1 Å². The minimum Gasteiger partial charge on any atom is -0.455 e. The maximum atomic E-state index is 13.7. The lowest BCUT2D eigenvalue weighted by Gasteiger charge is -2.21. The summed E-state index contributed by atoms with van der Waals surface area (Å²) in [6.07, 6.45) is 2.70. The molecule has 2 amide bonds. The molecule has 1 fully saturated rings. The first-order valence-electron chi connectivity index (χ1n) is 14.7. The van der Waals surface area contributed by atoms with Gasteiger partial charge < -0.3 is 20.6 Å². The predicted molar refractivity (Wildman–Crippen MR) is 173 cm³/mol. The largest absolute Gasteiger partial charge is 0.455 e. The third kappa shape index (κ3) is 6.17. The van der Waals surface area contributed by atoms with Crippen molar-refractivity contribution in [3.05, 3.63) is 119 Å². The topological polar surface area (TPSA) is 143 Å². The molecular formula is C35H32FN3O6S. The molecule has 0 atom stereocenters. The van der Waals surface area contributed by atoms with Crippen molar-refractivity contribution >= 4 is 32.8 Å². The molecule has 236 valence electrons. The van der Waals surface area contributed by atoms with E-state index in [0.29, 0.717) is 33.2 Å². The highest BCUT2D eigenvalue weighted by Gasteiger charge is 2.45. The monoisotopic (exact) mass is 641 g/mol. The van der Waals surface area contributed by atoms with Crippen LogP contribution in [0.5, 0.6) is 0 Å². The van der Waals surface area contributed by atoms with E-state index in [2.05, 4.69) is 5.32 Å². The van der Waals surface area contributed by atoms with Gasteiger partial charge in [-0.2, -0.15) is 4.31 Å². The van der Waals surface area contributed by atoms with Gasteiger partial charge in [-0.3, -0.25) is 9.59 Å². The number of hydrogen-bond donors (Lipinski definition) is 3. The Kier molecular flexibility index (Phi) is 8.24. The highest BCUT2D eigenvalue weighted by Crippen LogP contribution is 2.45. The molecule has 1 saturated carbocycles. The lowest BCUT2D eigenvalue weighted by molar-refractivity contribution is 0.0929. The fourth-order valence-electron chi connectivity index (χ4n) is 5.78. The summed E-state index contributed by atoms with van der Waals surface area (Å²) in [4.78, 5) is 26.3. The van der Waals surface area contributed by atoms with Crippen LogP contribution in [0, 0.1) is 5.82 Å². The Morgan fingerprint density at radius 1 is 0.978 bits per heavy atom. The number of hydrogen-bond acceptors (Lipinski definition) is 6. The van der Waals surface area contributed by atoms with Crippen molar-refractivity contribution < 1.29 is 31.9 Å². The molecule has 6 rings (SSSR count). The van der Waals surface area contributed by atoms with Crippen LogP contribution in [0.2, 0.25) is 0 Å². The van der Waals surface area contributed by atoms with Crippen molar-refractivity contribution in [3.63, 3.8) is 0 Å². The second-order valence-corrected chi connectivity index (χ2v) is 13.5. The van der Waals surface area contributed by atoms with E-state index in [9.17, 15) is 27.5 Å². The fourth-order valence-corrected chi connectivity index (χ4v) is 6.57. The smallest absolute Gasteiger partial charge is 0.253 e. The molecular weight excluding hydrogens is 609 g/mol. The number of aliphatic hydroxyl groups excluding tert-OH is 1. The Hall–Kier alpha value is -4.84. The Labute approximate surface area is 265 Å². The van der Waals surface area contributed by atoms with Crippen LogP contribution >= 0.6 is 0 Å². The SMILES string of the molecule is CS(=O)(=O)N(CCO)Cc1cc2oc(-c3ccc(F)cc3)c(C(N)=O)c2cc1-c1cccc(C(=O)NC2(c3ccccc3)CC2)c1. The number of nitrogens with one attached hydrogen (secondary N) is 1. The Balaban J connectivity index is 1.47. The molecule has 4 N–H and O–H groups in total. The molecule has 1 heterocycles. The summed E-state index contributed by atoms with van der Waals surface area (Å²) in [5, 5.41) is 13.2. The highest BCUT2D eigenvalue weighted by molar-refractivity contribution is 7.88. The molecule has 4 aromatic carbocycles. The van der Waals surface area contributed by atoms with E-state index in [0.717, 1.165) is 29.0 Å².